The monoisotopic (exact) mass is 433 g/mol. The molecule has 1 atom stereocenters. The van der Waals surface area contributed by atoms with Gasteiger partial charge in [-0.1, -0.05) is 51.6 Å². The van der Waals surface area contributed by atoms with Gasteiger partial charge in [0.2, 0.25) is 0 Å². The van der Waals surface area contributed by atoms with Crippen LogP contribution in [0.2, 0.25) is 0 Å². The predicted octanol–water partition coefficient (Wildman–Crippen LogP) is 5.68. The molecule has 0 bridgehead atoms. The molecule has 2 N–H and O–H groups in total. The van der Waals surface area contributed by atoms with Crippen LogP contribution >= 0.6 is 11.8 Å². The number of thioether (sulfide) groups is 1. The first-order valence-electron chi connectivity index (χ1n) is 9.99. The van der Waals surface area contributed by atoms with Crippen LogP contribution in [0.3, 0.4) is 0 Å². The summed E-state index contributed by atoms with van der Waals surface area (Å²) >= 11 is 1.64. The number of nitriles is 2. The van der Waals surface area contributed by atoms with Gasteiger partial charge in [0.15, 0.2) is 6.61 Å². The summed E-state index contributed by atoms with van der Waals surface area (Å²) in [6, 6.07) is 3.94. The quantitative estimate of drug-likeness (QED) is 0.320. The standard InChI is InChI=1S/C18H26N4O2S.C2H3N.C2H6/c1-6-8-14(10-19)9-13(5)25-17-16(12(3)4)21-15(22(17)7-2)11-24-18(20)23;1-2-3;1-2/h6,8-9,12-13H,7,11H2,1-5H3,(H2,20,23);1H3;1-2H3/b8-6-,14-9+;;. The van der Waals surface area contributed by atoms with Gasteiger partial charge >= 0.3 is 6.09 Å². The molecule has 30 heavy (non-hydrogen) atoms. The molecule has 0 aliphatic heterocycles. The number of hydrogen-bond acceptors (Lipinski definition) is 6. The zero-order valence-corrected chi connectivity index (χ0v) is 20.2. The molecule has 0 fully saturated rings. The van der Waals surface area contributed by atoms with E-state index in [0.717, 1.165) is 10.7 Å². The lowest BCUT2D eigenvalue weighted by Gasteiger charge is -2.14. The number of nitrogens with two attached hydrogens (primary N) is 1. The minimum atomic E-state index is -0.813. The molecule has 1 amide bonds. The molecule has 1 aromatic rings. The van der Waals surface area contributed by atoms with Crippen molar-refractivity contribution >= 4 is 17.9 Å². The fraction of sp³-hybridized carbons (Fsp3) is 0.545. The number of amides is 1. The second kappa shape index (κ2) is 17.2. The molecule has 7 nitrogen and oxygen atoms in total. The van der Waals surface area contributed by atoms with Crippen molar-refractivity contribution in [1.82, 2.24) is 9.55 Å². The number of nitrogens with zero attached hydrogens (tertiary/aromatic N) is 4. The number of primary amides is 1. The lowest BCUT2D eigenvalue weighted by Crippen LogP contribution is -2.15. The molecule has 8 heteroatoms. The van der Waals surface area contributed by atoms with Gasteiger partial charge in [-0.25, -0.2) is 9.78 Å². The summed E-state index contributed by atoms with van der Waals surface area (Å²) in [6.07, 6.45) is 4.76. The topological polar surface area (TPSA) is 118 Å². The van der Waals surface area contributed by atoms with Crippen LogP contribution in [0, 0.1) is 22.7 Å². The average Bonchev–Trinajstić information content (AvgIpc) is 3.05. The largest absolute Gasteiger partial charge is 0.442 e. The highest BCUT2D eigenvalue weighted by atomic mass is 32.2. The van der Waals surface area contributed by atoms with E-state index in [1.165, 1.54) is 6.92 Å². The van der Waals surface area contributed by atoms with E-state index < -0.39 is 6.09 Å². The number of imidazole rings is 1. The molecule has 1 rings (SSSR count). The van der Waals surface area contributed by atoms with E-state index in [-0.39, 0.29) is 17.8 Å². The zero-order chi connectivity index (χ0) is 23.7. The van der Waals surface area contributed by atoms with E-state index in [1.807, 2.05) is 51.3 Å². The van der Waals surface area contributed by atoms with E-state index in [0.29, 0.717) is 17.9 Å². The van der Waals surface area contributed by atoms with Gasteiger partial charge < -0.3 is 15.0 Å². The van der Waals surface area contributed by atoms with Gasteiger partial charge in [0.05, 0.1) is 22.9 Å². The number of hydrogen-bond donors (Lipinski definition) is 1. The highest BCUT2D eigenvalue weighted by Gasteiger charge is 2.21. The summed E-state index contributed by atoms with van der Waals surface area (Å²) in [5.41, 5.74) is 6.66. The molecular formula is C22H35N5O2S. The summed E-state index contributed by atoms with van der Waals surface area (Å²) in [4.78, 5) is 15.6. The molecule has 0 radical (unpaired) electrons. The van der Waals surface area contributed by atoms with Crippen molar-refractivity contribution in [2.75, 3.05) is 0 Å². The zero-order valence-electron chi connectivity index (χ0n) is 19.4. The summed E-state index contributed by atoms with van der Waals surface area (Å²) < 4.78 is 6.96. The number of carbonyl (C=O) groups is 1. The Kier molecular flexibility index (Phi) is 16.9. The summed E-state index contributed by atoms with van der Waals surface area (Å²) in [5.74, 6) is 0.905. The Labute approximate surface area is 185 Å². The smallest absolute Gasteiger partial charge is 0.404 e. The molecular weight excluding hydrogens is 398 g/mol. The molecule has 0 saturated carbocycles. The number of ether oxygens (including phenoxy) is 1. The van der Waals surface area contributed by atoms with Crippen LogP contribution in [0.5, 0.6) is 0 Å². The SMILES string of the molecule is C/C=C\C(C#N)=C/C(C)Sc1c(C(C)C)nc(COC(N)=O)n1CC.CC.CC#N. The lowest BCUT2D eigenvalue weighted by atomic mass is 10.1. The van der Waals surface area contributed by atoms with Crippen molar-refractivity contribution in [3.63, 3.8) is 0 Å². The predicted molar refractivity (Wildman–Crippen MR) is 123 cm³/mol. The molecule has 1 aromatic heterocycles. The van der Waals surface area contributed by atoms with Crippen molar-refractivity contribution < 1.29 is 9.53 Å². The van der Waals surface area contributed by atoms with Crippen molar-refractivity contribution in [3.8, 4) is 12.1 Å². The van der Waals surface area contributed by atoms with Crippen LogP contribution in [0.1, 0.15) is 72.8 Å². The maximum absolute atomic E-state index is 10.9. The van der Waals surface area contributed by atoms with Gasteiger partial charge in [-0.3, -0.25) is 0 Å². The van der Waals surface area contributed by atoms with Crippen LogP contribution < -0.4 is 5.73 Å². The Morgan fingerprint density at radius 1 is 1.33 bits per heavy atom. The van der Waals surface area contributed by atoms with Gasteiger partial charge in [-0.2, -0.15) is 10.5 Å². The Hall–Kier alpha value is -2.71. The van der Waals surface area contributed by atoms with E-state index in [2.05, 4.69) is 24.9 Å². The Bertz CT molecular complexity index is 783. The van der Waals surface area contributed by atoms with Crippen molar-refractivity contribution in [2.45, 2.75) is 84.7 Å². The molecule has 166 valence electrons. The molecule has 0 saturated heterocycles. The van der Waals surface area contributed by atoms with Crippen molar-refractivity contribution in [2.24, 2.45) is 5.73 Å². The lowest BCUT2D eigenvalue weighted by molar-refractivity contribution is 0.145. The molecule has 1 heterocycles. The van der Waals surface area contributed by atoms with Gasteiger partial charge in [0.1, 0.15) is 5.82 Å². The summed E-state index contributed by atoms with van der Waals surface area (Å²) in [7, 11) is 0. The maximum atomic E-state index is 10.9. The number of rotatable bonds is 8. The minimum absolute atomic E-state index is 0.0513. The number of carbonyl (C=O) groups excluding carboxylic acids is 1. The third-order valence-electron chi connectivity index (χ3n) is 3.42. The van der Waals surface area contributed by atoms with E-state index in [4.69, 9.17) is 15.7 Å². The first-order chi connectivity index (χ1) is 14.2. The Morgan fingerprint density at radius 3 is 2.30 bits per heavy atom. The van der Waals surface area contributed by atoms with Crippen molar-refractivity contribution in [1.29, 1.82) is 10.5 Å². The Balaban J connectivity index is 0. The fourth-order valence-corrected chi connectivity index (χ4v) is 3.68. The average molecular weight is 434 g/mol. The van der Waals surface area contributed by atoms with Gasteiger partial charge in [-0.15, -0.1) is 0 Å². The second-order valence-corrected chi connectivity index (χ2v) is 7.37. The summed E-state index contributed by atoms with van der Waals surface area (Å²) in [6.45, 7) is 16.3. The second-order valence-electron chi connectivity index (χ2n) is 6.01. The first-order valence-corrected chi connectivity index (χ1v) is 10.9. The van der Waals surface area contributed by atoms with Crippen LogP contribution in [0.25, 0.3) is 0 Å². The van der Waals surface area contributed by atoms with E-state index in [1.54, 1.807) is 23.9 Å². The van der Waals surface area contributed by atoms with Gasteiger partial charge in [0, 0.05) is 24.3 Å². The molecule has 0 aromatic carbocycles. The van der Waals surface area contributed by atoms with E-state index in [9.17, 15) is 10.1 Å². The summed E-state index contributed by atoms with van der Waals surface area (Å²) in [5, 5.41) is 17.6. The van der Waals surface area contributed by atoms with Gasteiger partial charge in [0.25, 0.3) is 0 Å². The normalized spacial score (nSPS) is 11.5. The maximum Gasteiger partial charge on any atom is 0.404 e. The Morgan fingerprint density at radius 2 is 1.90 bits per heavy atom. The van der Waals surface area contributed by atoms with Gasteiger partial charge in [-0.05, 0) is 32.8 Å². The number of aromatic nitrogens is 2. The third-order valence-corrected chi connectivity index (χ3v) is 4.58. The fourth-order valence-electron chi connectivity index (χ4n) is 2.35. The number of allylic oxidation sites excluding steroid dienone is 3. The molecule has 0 aliphatic rings. The van der Waals surface area contributed by atoms with E-state index >= 15 is 0 Å². The molecule has 1 unspecified atom stereocenters. The minimum Gasteiger partial charge on any atom is -0.442 e. The van der Waals surface area contributed by atoms with Crippen LogP contribution in [-0.2, 0) is 17.9 Å². The first kappa shape index (κ1) is 29.5. The van der Waals surface area contributed by atoms with Crippen LogP contribution in [0.15, 0.2) is 28.8 Å². The molecule has 0 aliphatic carbocycles. The highest BCUT2D eigenvalue weighted by molar-refractivity contribution is 8.00. The van der Waals surface area contributed by atoms with Crippen LogP contribution in [0.4, 0.5) is 4.79 Å². The highest BCUT2D eigenvalue weighted by Crippen LogP contribution is 2.33. The third kappa shape index (κ3) is 10.7. The van der Waals surface area contributed by atoms with Crippen LogP contribution in [-0.4, -0.2) is 20.9 Å². The molecule has 0 spiro atoms. The van der Waals surface area contributed by atoms with Crippen molar-refractivity contribution in [3.05, 3.63) is 35.3 Å².